The Morgan fingerprint density at radius 2 is 2.14 bits per heavy atom. The molecule has 1 aliphatic rings. The van der Waals surface area contributed by atoms with Crippen LogP contribution in [0.4, 0.5) is 4.39 Å². The Labute approximate surface area is 165 Å². The van der Waals surface area contributed by atoms with Crippen LogP contribution in [0.2, 0.25) is 0 Å². The Kier molecular flexibility index (Phi) is 5.44. The third kappa shape index (κ3) is 3.94. The molecule has 1 aromatic heterocycles. The highest BCUT2D eigenvalue weighted by Crippen LogP contribution is 2.34. The van der Waals surface area contributed by atoms with E-state index in [1.54, 1.807) is 19.2 Å². The van der Waals surface area contributed by atoms with Crippen molar-refractivity contribution in [3.8, 4) is 16.9 Å². The van der Waals surface area contributed by atoms with Crippen LogP contribution in [0.5, 0.6) is 5.75 Å². The third-order valence-electron chi connectivity index (χ3n) is 5.56. The first-order valence-corrected chi connectivity index (χ1v) is 9.79. The average molecular weight is 379 g/mol. The van der Waals surface area contributed by atoms with E-state index in [1.165, 1.54) is 28.5 Å². The van der Waals surface area contributed by atoms with Gasteiger partial charge in [-0.25, -0.2) is 4.39 Å². The molecule has 4 rings (SSSR count). The summed E-state index contributed by atoms with van der Waals surface area (Å²) in [5.41, 5.74) is 5.47. The number of H-pyrrole nitrogens is 1. The Bertz CT molecular complexity index is 953. The topological polar surface area (TPSA) is 41.1 Å². The summed E-state index contributed by atoms with van der Waals surface area (Å²) in [6.07, 6.45) is 4.12. The molecule has 2 aromatic carbocycles. The van der Waals surface area contributed by atoms with Crippen LogP contribution in [0, 0.1) is 12.7 Å². The minimum absolute atomic E-state index is 0.176. The predicted molar refractivity (Wildman–Crippen MR) is 109 cm³/mol. The zero-order chi connectivity index (χ0) is 19.5. The number of rotatable bonds is 5. The number of halogens is 1. The number of aromatic amines is 1. The Morgan fingerprint density at radius 1 is 1.25 bits per heavy atom. The molecule has 4 nitrogen and oxygen atoms in total. The Balaban J connectivity index is 1.53. The maximum Gasteiger partial charge on any atom is 0.127 e. The molecule has 146 valence electrons. The predicted octanol–water partition coefficient (Wildman–Crippen LogP) is 4.91. The van der Waals surface area contributed by atoms with Crippen molar-refractivity contribution in [2.75, 3.05) is 20.2 Å². The third-order valence-corrected chi connectivity index (χ3v) is 5.56. The van der Waals surface area contributed by atoms with Gasteiger partial charge >= 0.3 is 0 Å². The molecule has 5 heteroatoms. The summed E-state index contributed by atoms with van der Waals surface area (Å²) in [6.45, 7) is 4.56. The number of hydrogen-bond donors (Lipinski definition) is 1. The van der Waals surface area contributed by atoms with Gasteiger partial charge in [-0.3, -0.25) is 10.00 Å². The molecule has 1 saturated heterocycles. The van der Waals surface area contributed by atoms with E-state index in [0.717, 1.165) is 25.9 Å². The van der Waals surface area contributed by atoms with Gasteiger partial charge in [-0.1, -0.05) is 29.8 Å². The molecule has 28 heavy (non-hydrogen) atoms. The molecule has 0 spiro atoms. The molecule has 1 aliphatic heterocycles. The molecule has 0 bridgehead atoms. The van der Waals surface area contributed by atoms with Gasteiger partial charge in [0, 0.05) is 35.8 Å². The van der Waals surface area contributed by atoms with Crippen LogP contribution < -0.4 is 4.74 Å². The molecule has 0 aliphatic carbocycles. The summed E-state index contributed by atoms with van der Waals surface area (Å²) in [6, 6.07) is 13.5. The molecule has 3 aromatic rings. The number of piperidine rings is 1. The lowest BCUT2D eigenvalue weighted by Gasteiger charge is -2.32. The van der Waals surface area contributed by atoms with Gasteiger partial charge < -0.3 is 4.74 Å². The van der Waals surface area contributed by atoms with Gasteiger partial charge in [0.05, 0.1) is 13.3 Å². The average Bonchev–Trinajstić information content (AvgIpc) is 3.20. The number of hydrogen-bond acceptors (Lipinski definition) is 3. The SMILES string of the molecule is COc1ccc(F)c(CN2CCC[C@H](c3[nH]ncc3-c3cccc(C)c3)C2)c1. The molecule has 0 radical (unpaired) electrons. The molecule has 0 unspecified atom stereocenters. The first-order chi connectivity index (χ1) is 13.6. The van der Waals surface area contributed by atoms with Crippen molar-refractivity contribution in [3.63, 3.8) is 0 Å². The monoisotopic (exact) mass is 379 g/mol. The molecule has 2 heterocycles. The summed E-state index contributed by atoms with van der Waals surface area (Å²) in [7, 11) is 1.61. The number of nitrogens with one attached hydrogen (secondary N) is 1. The zero-order valence-corrected chi connectivity index (χ0v) is 16.4. The van der Waals surface area contributed by atoms with E-state index >= 15 is 0 Å². The summed E-state index contributed by atoms with van der Waals surface area (Å²) in [5.74, 6) is 0.880. The van der Waals surface area contributed by atoms with Crippen LogP contribution in [0.1, 0.15) is 35.6 Å². The molecule has 1 N–H and O–H groups in total. The van der Waals surface area contributed by atoms with E-state index in [-0.39, 0.29) is 5.82 Å². The van der Waals surface area contributed by atoms with E-state index in [4.69, 9.17) is 4.74 Å². The van der Waals surface area contributed by atoms with Crippen LogP contribution >= 0.6 is 0 Å². The van der Waals surface area contributed by atoms with Gasteiger partial charge in [0.25, 0.3) is 0 Å². The lowest BCUT2D eigenvalue weighted by molar-refractivity contribution is 0.196. The lowest BCUT2D eigenvalue weighted by Crippen LogP contribution is -2.34. The molecular weight excluding hydrogens is 353 g/mol. The highest BCUT2D eigenvalue weighted by molar-refractivity contribution is 5.66. The number of methoxy groups -OCH3 is 1. The summed E-state index contributed by atoms with van der Waals surface area (Å²) >= 11 is 0. The zero-order valence-electron chi connectivity index (χ0n) is 16.4. The molecular formula is C23H26FN3O. The van der Waals surface area contributed by atoms with Crippen LogP contribution in [-0.4, -0.2) is 35.3 Å². The van der Waals surface area contributed by atoms with E-state index in [9.17, 15) is 4.39 Å². The fourth-order valence-electron chi connectivity index (χ4n) is 4.12. The van der Waals surface area contributed by atoms with Gasteiger partial charge in [-0.2, -0.15) is 5.10 Å². The fourth-order valence-corrected chi connectivity index (χ4v) is 4.12. The van der Waals surface area contributed by atoms with Crippen molar-refractivity contribution in [3.05, 3.63) is 71.3 Å². The van der Waals surface area contributed by atoms with Crippen molar-refractivity contribution < 1.29 is 9.13 Å². The van der Waals surface area contributed by atoms with Crippen LogP contribution in [0.15, 0.2) is 48.7 Å². The normalized spacial score (nSPS) is 17.6. The van der Waals surface area contributed by atoms with Crippen molar-refractivity contribution in [2.45, 2.75) is 32.2 Å². The lowest BCUT2D eigenvalue weighted by atomic mass is 9.90. The maximum atomic E-state index is 14.3. The van der Waals surface area contributed by atoms with Gasteiger partial charge in [-0.05, 0) is 50.1 Å². The van der Waals surface area contributed by atoms with Gasteiger partial charge in [0.1, 0.15) is 11.6 Å². The maximum absolute atomic E-state index is 14.3. The first kappa shape index (κ1) is 18.7. The standard InChI is InChI=1S/C23H26FN3O/c1-16-5-3-6-17(11-16)21-13-25-26-23(21)18-7-4-10-27(14-18)15-19-12-20(28-2)8-9-22(19)24/h3,5-6,8-9,11-13,18H,4,7,10,14-15H2,1-2H3,(H,25,26)/t18-/m0/s1. The molecule has 1 atom stereocenters. The van der Waals surface area contributed by atoms with Crippen molar-refractivity contribution in [2.24, 2.45) is 0 Å². The quantitative estimate of drug-likeness (QED) is 0.685. The van der Waals surface area contributed by atoms with Gasteiger partial charge in [0.2, 0.25) is 0 Å². The second-order valence-corrected chi connectivity index (χ2v) is 7.60. The number of nitrogens with zero attached hydrogens (tertiary/aromatic N) is 2. The van der Waals surface area contributed by atoms with Crippen LogP contribution in [0.25, 0.3) is 11.1 Å². The van der Waals surface area contributed by atoms with E-state index < -0.39 is 0 Å². The summed E-state index contributed by atoms with van der Waals surface area (Å²) in [4.78, 5) is 2.33. The number of aromatic nitrogens is 2. The van der Waals surface area contributed by atoms with E-state index in [0.29, 0.717) is 23.8 Å². The number of ether oxygens (including phenoxy) is 1. The largest absolute Gasteiger partial charge is 0.497 e. The molecule has 1 fully saturated rings. The second-order valence-electron chi connectivity index (χ2n) is 7.60. The van der Waals surface area contributed by atoms with E-state index in [2.05, 4.69) is 46.3 Å². The van der Waals surface area contributed by atoms with Crippen molar-refractivity contribution in [1.82, 2.24) is 15.1 Å². The van der Waals surface area contributed by atoms with Gasteiger partial charge in [-0.15, -0.1) is 0 Å². The first-order valence-electron chi connectivity index (χ1n) is 9.79. The second kappa shape index (κ2) is 8.15. The molecule has 0 amide bonds. The van der Waals surface area contributed by atoms with E-state index in [1.807, 2.05) is 6.20 Å². The number of benzene rings is 2. The van der Waals surface area contributed by atoms with Crippen LogP contribution in [0.3, 0.4) is 0 Å². The van der Waals surface area contributed by atoms with Crippen molar-refractivity contribution in [1.29, 1.82) is 0 Å². The van der Waals surface area contributed by atoms with Crippen molar-refractivity contribution >= 4 is 0 Å². The minimum atomic E-state index is -0.176. The number of likely N-dealkylation sites (tertiary alicyclic amines) is 1. The summed E-state index contributed by atoms with van der Waals surface area (Å²) in [5, 5.41) is 7.57. The Hall–Kier alpha value is -2.66. The molecule has 0 saturated carbocycles. The highest BCUT2D eigenvalue weighted by atomic mass is 19.1. The smallest absolute Gasteiger partial charge is 0.127 e. The Morgan fingerprint density at radius 3 is 2.96 bits per heavy atom. The van der Waals surface area contributed by atoms with Crippen LogP contribution in [-0.2, 0) is 6.54 Å². The highest BCUT2D eigenvalue weighted by Gasteiger charge is 2.25. The van der Waals surface area contributed by atoms with Gasteiger partial charge in [0.15, 0.2) is 0 Å². The minimum Gasteiger partial charge on any atom is -0.497 e. The fraction of sp³-hybridized carbons (Fsp3) is 0.348. The summed E-state index contributed by atoms with van der Waals surface area (Å²) < 4.78 is 19.5. The number of aryl methyl sites for hydroxylation is 1.